The first-order valence-corrected chi connectivity index (χ1v) is 12.2. The summed E-state index contributed by atoms with van der Waals surface area (Å²) < 4.78 is 0. The predicted molar refractivity (Wildman–Crippen MR) is 135 cm³/mol. The monoisotopic (exact) mass is 445 g/mol. The number of carbonyl (C=O) groups is 2. The van der Waals surface area contributed by atoms with Crippen molar-refractivity contribution in [3.63, 3.8) is 0 Å². The summed E-state index contributed by atoms with van der Waals surface area (Å²) in [4.78, 5) is 29.0. The Labute approximate surface area is 197 Å². The Morgan fingerprint density at radius 2 is 1.75 bits per heavy atom. The number of allylic oxidation sites excluding steroid dienone is 2. The first-order chi connectivity index (χ1) is 14.9. The lowest BCUT2D eigenvalue weighted by Crippen LogP contribution is -2.48. The van der Waals surface area contributed by atoms with Crippen molar-refractivity contribution in [2.45, 2.75) is 79.7 Å². The third kappa shape index (κ3) is 7.83. The van der Waals surface area contributed by atoms with Crippen LogP contribution >= 0.6 is 0 Å². The Kier molecular flexibility index (Phi) is 11.2. The number of likely N-dealkylation sites (N-methyl/N-ethyl adjacent to an activating group) is 1. The molecule has 32 heavy (non-hydrogen) atoms. The second kappa shape index (κ2) is 12.9. The van der Waals surface area contributed by atoms with Gasteiger partial charge >= 0.3 is 0 Å². The average Bonchev–Trinajstić information content (AvgIpc) is 2.99. The third-order valence-electron chi connectivity index (χ3n) is 6.74. The zero-order valence-electron chi connectivity index (χ0n) is 21.7. The maximum atomic E-state index is 12.8. The molecular formula is C27H47N3O2. The number of amides is 2. The van der Waals surface area contributed by atoms with E-state index in [9.17, 15) is 9.59 Å². The Morgan fingerprint density at radius 1 is 1.12 bits per heavy atom. The standard InChI is InChI=1S/C27H47N3O2/c1-18(2)21(7)17-28-27(32)26(20(5)6)29(10)22(8)14-12-11-13-15-30-23(9)24(19(3)4)16-25(30)31/h18-20,24,26H,7-9,11-17H2,1-6,10H3,(H,28,32). The highest BCUT2D eigenvalue weighted by Crippen LogP contribution is 2.33. The number of carbonyl (C=O) groups excluding carboxylic acids is 2. The van der Waals surface area contributed by atoms with Crippen LogP contribution in [0.3, 0.4) is 0 Å². The zero-order chi connectivity index (χ0) is 24.6. The number of hydrogen-bond donors (Lipinski definition) is 1. The molecule has 1 fully saturated rings. The quantitative estimate of drug-likeness (QED) is 0.289. The van der Waals surface area contributed by atoms with Crippen molar-refractivity contribution < 1.29 is 9.59 Å². The van der Waals surface area contributed by atoms with Crippen molar-refractivity contribution in [2.75, 3.05) is 20.1 Å². The minimum atomic E-state index is -0.249. The molecule has 182 valence electrons. The van der Waals surface area contributed by atoms with Gasteiger partial charge in [-0.1, -0.05) is 73.3 Å². The van der Waals surface area contributed by atoms with Crippen LogP contribution in [-0.2, 0) is 9.59 Å². The lowest BCUT2D eigenvalue weighted by molar-refractivity contribution is -0.127. The van der Waals surface area contributed by atoms with E-state index < -0.39 is 0 Å². The normalized spacial score (nSPS) is 17.4. The molecule has 2 atom stereocenters. The summed E-state index contributed by atoms with van der Waals surface area (Å²) in [6, 6.07) is -0.249. The smallest absolute Gasteiger partial charge is 0.243 e. The topological polar surface area (TPSA) is 52.7 Å². The Morgan fingerprint density at radius 3 is 2.25 bits per heavy atom. The largest absolute Gasteiger partial charge is 0.366 e. The van der Waals surface area contributed by atoms with Crippen LogP contribution in [0.25, 0.3) is 0 Å². The molecule has 0 aromatic heterocycles. The van der Waals surface area contributed by atoms with Crippen molar-refractivity contribution in [1.82, 2.24) is 15.1 Å². The summed E-state index contributed by atoms with van der Waals surface area (Å²) in [6.45, 7) is 26.3. The summed E-state index contributed by atoms with van der Waals surface area (Å²) in [5.41, 5.74) is 2.99. The molecule has 5 heteroatoms. The van der Waals surface area contributed by atoms with Gasteiger partial charge in [0.1, 0.15) is 6.04 Å². The minimum absolute atomic E-state index is 0.0243. The fraction of sp³-hybridized carbons (Fsp3) is 0.704. The van der Waals surface area contributed by atoms with Gasteiger partial charge in [0.05, 0.1) is 0 Å². The van der Waals surface area contributed by atoms with Crippen LogP contribution in [-0.4, -0.2) is 47.8 Å². The first kappa shape index (κ1) is 28.0. The van der Waals surface area contributed by atoms with Crippen LogP contribution in [0.5, 0.6) is 0 Å². The van der Waals surface area contributed by atoms with Gasteiger partial charge in [-0.2, -0.15) is 0 Å². The van der Waals surface area contributed by atoms with Gasteiger partial charge in [0.15, 0.2) is 0 Å². The van der Waals surface area contributed by atoms with Crippen LogP contribution in [0.1, 0.15) is 73.6 Å². The van der Waals surface area contributed by atoms with E-state index in [2.05, 4.69) is 66.6 Å². The molecule has 0 spiro atoms. The van der Waals surface area contributed by atoms with Gasteiger partial charge in [0.2, 0.25) is 11.8 Å². The number of unbranched alkanes of at least 4 members (excludes halogenated alkanes) is 2. The van der Waals surface area contributed by atoms with Crippen LogP contribution in [0.4, 0.5) is 0 Å². The van der Waals surface area contributed by atoms with Gasteiger partial charge < -0.3 is 15.1 Å². The summed E-state index contributed by atoms with van der Waals surface area (Å²) >= 11 is 0. The Hall–Kier alpha value is -2.04. The van der Waals surface area contributed by atoms with E-state index in [4.69, 9.17) is 0 Å². The van der Waals surface area contributed by atoms with E-state index in [1.165, 1.54) is 0 Å². The number of likely N-dealkylation sites (tertiary alicyclic amines) is 1. The second-order valence-corrected chi connectivity index (χ2v) is 10.3. The summed E-state index contributed by atoms with van der Waals surface area (Å²) in [7, 11) is 1.96. The van der Waals surface area contributed by atoms with Gasteiger partial charge in [-0.3, -0.25) is 9.59 Å². The molecule has 0 saturated carbocycles. The molecule has 0 aliphatic carbocycles. The van der Waals surface area contributed by atoms with Crippen molar-refractivity contribution in [3.8, 4) is 0 Å². The lowest BCUT2D eigenvalue weighted by atomic mass is 9.93. The molecular weight excluding hydrogens is 398 g/mol. The second-order valence-electron chi connectivity index (χ2n) is 10.3. The number of nitrogens with zero attached hydrogens (tertiary/aromatic N) is 2. The van der Waals surface area contributed by atoms with Gasteiger partial charge in [-0.05, 0) is 37.0 Å². The van der Waals surface area contributed by atoms with Gasteiger partial charge in [-0.25, -0.2) is 0 Å². The lowest BCUT2D eigenvalue weighted by Gasteiger charge is -2.33. The fourth-order valence-electron chi connectivity index (χ4n) is 4.25. The molecule has 1 N–H and O–H groups in total. The van der Waals surface area contributed by atoms with E-state index in [0.717, 1.165) is 49.2 Å². The molecule has 0 bridgehead atoms. The molecule has 1 rings (SSSR count). The predicted octanol–water partition coefficient (Wildman–Crippen LogP) is 5.36. The highest BCUT2D eigenvalue weighted by Gasteiger charge is 2.34. The van der Waals surface area contributed by atoms with E-state index >= 15 is 0 Å². The van der Waals surface area contributed by atoms with E-state index in [0.29, 0.717) is 24.8 Å². The average molecular weight is 446 g/mol. The molecule has 1 saturated heterocycles. The maximum Gasteiger partial charge on any atom is 0.243 e. The van der Waals surface area contributed by atoms with E-state index in [1.807, 2.05) is 16.8 Å². The molecule has 2 unspecified atom stereocenters. The fourth-order valence-corrected chi connectivity index (χ4v) is 4.25. The van der Waals surface area contributed by atoms with Crippen molar-refractivity contribution in [2.24, 2.45) is 23.7 Å². The molecule has 0 aromatic carbocycles. The molecule has 0 radical (unpaired) electrons. The Balaban J connectivity index is 2.46. The van der Waals surface area contributed by atoms with Gasteiger partial charge in [-0.15, -0.1) is 0 Å². The molecule has 1 aliphatic heterocycles. The number of hydrogen-bond acceptors (Lipinski definition) is 3. The summed E-state index contributed by atoms with van der Waals surface area (Å²) in [6.07, 6.45) is 4.40. The van der Waals surface area contributed by atoms with E-state index in [-0.39, 0.29) is 29.7 Å². The highest BCUT2D eigenvalue weighted by molar-refractivity contribution is 5.82. The molecule has 0 aromatic rings. The van der Waals surface area contributed by atoms with Crippen LogP contribution in [0.15, 0.2) is 36.7 Å². The Bertz CT molecular complexity index is 693. The molecule has 5 nitrogen and oxygen atoms in total. The van der Waals surface area contributed by atoms with Crippen molar-refractivity contribution in [1.29, 1.82) is 0 Å². The molecule has 1 heterocycles. The van der Waals surface area contributed by atoms with E-state index in [1.54, 1.807) is 0 Å². The third-order valence-corrected chi connectivity index (χ3v) is 6.74. The number of rotatable bonds is 14. The van der Waals surface area contributed by atoms with Crippen LogP contribution < -0.4 is 5.32 Å². The molecule has 1 aliphatic rings. The summed E-state index contributed by atoms with van der Waals surface area (Å²) in [5.74, 6) is 1.49. The zero-order valence-corrected chi connectivity index (χ0v) is 21.7. The van der Waals surface area contributed by atoms with Crippen molar-refractivity contribution >= 4 is 11.8 Å². The highest BCUT2D eigenvalue weighted by atomic mass is 16.2. The van der Waals surface area contributed by atoms with Crippen LogP contribution in [0.2, 0.25) is 0 Å². The van der Waals surface area contributed by atoms with Crippen molar-refractivity contribution in [3.05, 3.63) is 36.7 Å². The SMILES string of the molecule is C=C(CNC(=O)C(C(C)C)N(C)C(=C)CCCCCN1C(=C)C(C(C)C)CC1=O)C(C)C. The first-order valence-electron chi connectivity index (χ1n) is 12.2. The van der Waals surface area contributed by atoms with Gasteiger partial charge in [0, 0.05) is 43.9 Å². The summed E-state index contributed by atoms with van der Waals surface area (Å²) in [5, 5.41) is 3.04. The van der Waals surface area contributed by atoms with Gasteiger partial charge in [0.25, 0.3) is 0 Å². The number of nitrogens with one attached hydrogen (secondary N) is 1. The maximum absolute atomic E-state index is 12.8. The van der Waals surface area contributed by atoms with Crippen LogP contribution in [0, 0.1) is 23.7 Å². The minimum Gasteiger partial charge on any atom is -0.366 e. The molecule has 2 amide bonds.